The summed E-state index contributed by atoms with van der Waals surface area (Å²) in [5, 5.41) is 10.2. The van der Waals surface area contributed by atoms with Gasteiger partial charge in [0, 0.05) is 12.1 Å². The molecule has 0 radical (unpaired) electrons. The molecule has 8 heteroatoms. The highest BCUT2D eigenvalue weighted by Gasteiger charge is 2.10. The van der Waals surface area contributed by atoms with Gasteiger partial charge in [0.15, 0.2) is 11.6 Å². The molecule has 0 aliphatic carbocycles. The van der Waals surface area contributed by atoms with E-state index in [1.807, 2.05) is 13.8 Å². The second-order valence-electron chi connectivity index (χ2n) is 5.47. The van der Waals surface area contributed by atoms with E-state index in [-0.39, 0.29) is 18.7 Å². The van der Waals surface area contributed by atoms with E-state index >= 15 is 0 Å². The number of carbonyl (C=O) groups is 1. The van der Waals surface area contributed by atoms with Crippen LogP contribution in [-0.4, -0.2) is 27.6 Å². The van der Waals surface area contributed by atoms with Crippen molar-refractivity contribution in [2.75, 3.05) is 6.54 Å². The number of alkyl carbamates (subject to hydrolysis) is 1. The van der Waals surface area contributed by atoms with Crippen molar-refractivity contribution in [1.82, 2.24) is 20.3 Å². The number of amides is 1. The number of aromatic nitrogens is 3. The Balaban J connectivity index is 1.88. The highest BCUT2D eigenvalue weighted by atomic mass is 19.2. The highest BCUT2D eigenvalue weighted by molar-refractivity contribution is 5.67. The largest absolute Gasteiger partial charge is 0.443 e. The van der Waals surface area contributed by atoms with E-state index in [9.17, 15) is 13.6 Å². The lowest BCUT2D eigenvalue weighted by atomic mass is 10.2. The van der Waals surface area contributed by atoms with E-state index in [0.29, 0.717) is 18.2 Å². The molecule has 0 unspecified atom stereocenters. The number of ether oxygens (including phenoxy) is 1. The molecular weight excluding hydrogens is 306 g/mol. The molecule has 0 aliphatic heterocycles. The average Bonchev–Trinajstić information content (AvgIpc) is 2.95. The van der Waals surface area contributed by atoms with Crippen molar-refractivity contribution in [3.63, 3.8) is 0 Å². The zero-order valence-electron chi connectivity index (χ0n) is 12.9. The summed E-state index contributed by atoms with van der Waals surface area (Å²) in [5.41, 5.74) is 0.582. The summed E-state index contributed by atoms with van der Waals surface area (Å²) < 4.78 is 33.1. The Morgan fingerprint density at radius 1 is 1.39 bits per heavy atom. The minimum Gasteiger partial charge on any atom is -0.443 e. The van der Waals surface area contributed by atoms with Gasteiger partial charge in [-0.2, -0.15) is 0 Å². The minimum absolute atomic E-state index is 0.0378. The van der Waals surface area contributed by atoms with Gasteiger partial charge in [-0.05, 0) is 12.0 Å². The topological polar surface area (TPSA) is 69.0 Å². The fraction of sp³-hybridized carbons (Fsp3) is 0.400. The molecule has 0 aliphatic rings. The maximum absolute atomic E-state index is 13.6. The Morgan fingerprint density at radius 3 is 2.91 bits per heavy atom. The van der Waals surface area contributed by atoms with Crippen LogP contribution in [0.2, 0.25) is 0 Å². The second-order valence-corrected chi connectivity index (χ2v) is 5.47. The van der Waals surface area contributed by atoms with Crippen LogP contribution < -0.4 is 5.32 Å². The lowest BCUT2D eigenvalue weighted by Gasteiger charge is -2.07. The van der Waals surface area contributed by atoms with Crippen LogP contribution in [0.3, 0.4) is 0 Å². The SMILES string of the molecule is CC(C)CNC(=O)OCc1cn(Cc2cccc(F)c2F)nn1. The van der Waals surface area contributed by atoms with Crippen LogP contribution >= 0.6 is 0 Å². The highest BCUT2D eigenvalue weighted by Crippen LogP contribution is 2.12. The molecule has 6 nitrogen and oxygen atoms in total. The van der Waals surface area contributed by atoms with E-state index in [2.05, 4.69) is 15.6 Å². The molecule has 23 heavy (non-hydrogen) atoms. The van der Waals surface area contributed by atoms with Gasteiger partial charge in [-0.1, -0.05) is 31.2 Å². The fourth-order valence-corrected chi connectivity index (χ4v) is 1.81. The smallest absolute Gasteiger partial charge is 0.407 e. The van der Waals surface area contributed by atoms with Crippen LogP contribution in [0.4, 0.5) is 13.6 Å². The van der Waals surface area contributed by atoms with Crippen LogP contribution in [0.5, 0.6) is 0 Å². The Kier molecular flexibility index (Phi) is 5.61. The minimum atomic E-state index is -0.909. The molecule has 0 fully saturated rings. The fourth-order valence-electron chi connectivity index (χ4n) is 1.81. The number of hydrogen-bond donors (Lipinski definition) is 1. The number of rotatable bonds is 6. The number of benzene rings is 1. The first kappa shape index (κ1) is 16.9. The van der Waals surface area contributed by atoms with Crippen molar-refractivity contribution < 1.29 is 18.3 Å². The lowest BCUT2D eigenvalue weighted by Crippen LogP contribution is -2.27. The Labute approximate surface area is 132 Å². The van der Waals surface area contributed by atoms with E-state index in [4.69, 9.17) is 4.74 Å². The van der Waals surface area contributed by atoms with Crippen molar-refractivity contribution in [2.24, 2.45) is 5.92 Å². The third kappa shape index (κ3) is 5.01. The predicted octanol–water partition coefficient (Wildman–Crippen LogP) is 2.49. The molecule has 1 N–H and O–H groups in total. The number of nitrogens with zero attached hydrogens (tertiary/aromatic N) is 3. The second kappa shape index (κ2) is 7.66. The molecule has 0 saturated heterocycles. The van der Waals surface area contributed by atoms with Crippen molar-refractivity contribution in [1.29, 1.82) is 0 Å². The number of carbonyl (C=O) groups excluding carboxylic acids is 1. The maximum atomic E-state index is 13.6. The molecule has 2 aromatic rings. The average molecular weight is 324 g/mol. The van der Waals surface area contributed by atoms with Crippen molar-refractivity contribution in [3.05, 3.63) is 47.3 Å². The van der Waals surface area contributed by atoms with Crippen LogP contribution in [0.15, 0.2) is 24.4 Å². The monoisotopic (exact) mass is 324 g/mol. The van der Waals surface area contributed by atoms with Gasteiger partial charge < -0.3 is 10.1 Å². The van der Waals surface area contributed by atoms with E-state index < -0.39 is 17.7 Å². The zero-order valence-corrected chi connectivity index (χ0v) is 12.9. The molecule has 1 aromatic carbocycles. The summed E-state index contributed by atoms with van der Waals surface area (Å²) in [4.78, 5) is 11.4. The zero-order chi connectivity index (χ0) is 16.8. The van der Waals surface area contributed by atoms with E-state index in [1.165, 1.54) is 23.0 Å². The summed E-state index contributed by atoms with van der Waals surface area (Å²) >= 11 is 0. The van der Waals surface area contributed by atoms with Gasteiger partial charge >= 0.3 is 6.09 Å². The normalized spacial score (nSPS) is 10.8. The van der Waals surface area contributed by atoms with Gasteiger partial charge in [-0.3, -0.25) is 0 Å². The molecule has 0 saturated carbocycles. The van der Waals surface area contributed by atoms with Crippen LogP contribution in [0.1, 0.15) is 25.1 Å². The van der Waals surface area contributed by atoms with Gasteiger partial charge in [0.25, 0.3) is 0 Å². The first-order valence-electron chi connectivity index (χ1n) is 7.18. The summed E-state index contributed by atoms with van der Waals surface area (Å²) in [6.07, 6.45) is 0.976. The third-order valence-corrected chi connectivity index (χ3v) is 2.96. The number of halogens is 2. The van der Waals surface area contributed by atoms with Gasteiger partial charge in [0.2, 0.25) is 0 Å². The molecule has 124 valence electrons. The number of nitrogens with one attached hydrogen (secondary N) is 1. The standard InChI is InChI=1S/C15H18F2N4O2/c1-10(2)6-18-15(22)23-9-12-8-21(20-19-12)7-11-4-3-5-13(16)14(11)17/h3-5,8,10H,6-7,9H2,1-2H3,(H,18,22). The molecule has 0 bridgehead atoms. The van der Waals surface area contributed by atoms with Crippen molar-refractivity contribution in [2.45, 2.75) is 27.0 Å². The third-order valence-electron chi connectivity index (χ3n) is 2.96. The van der Waals surface area contributed by atoms with Gasteiger partial charge in [-0.25, -0.2) is 18.3 Å². The quantitative estimate of drug-likeness (QED) is 0.886. The number of hydrogen-bond acceptors (Lipinski definition) is 4. The van der Waals surface area contributed by atoms with Crippen LogP contribution in [0.25, 0.3) is 0 Å². The van der Waals surface area contributed by atoms with Gasteiger partial charge in [0.05, 0.1) is 12.7 Å². The molecule has 1 heterocycles. The van der Waals surface area contributed by atoms with E-state index in [1.54, 1.807) is 0 Å². The molecule has 1 amide bonds. The first-order chi connectivity index (χ1) is 11.0. The maximum Gasteiger partial charge on any atom is 0.407 e. The Hall–Kier alpha value is -2.51. The van der Waals surface area contributed by atoms with Gasteiger partial charge in [-0.15, -0.1) is 5.10 Å². The van der Waals surface area contributed by atoms with E-state index in [0.717, 1.165) is 6.07 Å². The lowest BCUT2D eigenvalue weighted by molar-refractivity contribution is 0.137. The molecule has 0 atom stereocenters. The summed E-state index contributed by atoms with van der Waals surface area (Å²) in [5.74, 6) is -1.49. The molecule has 2 rings (SSSR count). The van der Waals surface area contributed by atoms with Crippen LogP contribution in [0, 0.1) is 17.6 Å². The molecule has 1 aromatic heterocycles. The van der Waals surface area contributed by atoms with Gasteiger partial charge in [0.1, 0.15) is 12.3 Å². The predicted molar refractivity (Wildman–Crippen MR) is 78.5 cm³/mol. The molecule has 0 spiro atoms. The Bertz CT molecular complexity index is 673. The summed E-state index contributed by atoms with van der Waals surface area (Å²) in [7, 11) is 0. The van der Waals surface area contributed by atoms with Crippen molar-refractivity contribution in [3.8, 4) is 0 Å². The molecular formula is C15H18F2N4O2. The van der Waals surface area contributed by atoms with Crippen LogP contribution in [-0.2, 0) is 17.9 Å². The van der Waals surface area contributed by atoms with Crippen molar-refractivity contribution >= 4 is 6.09 Å². The first-order valence-corrected chi connectivity index (χ1v) is 7.18. The Morgan fingerprint density at radius 2 is 2.17 bits per heavy atom. The summed E-state index contributed by atoms with van der Waals surface area (Å²) in [6.45, 7) is 4.45. The summed E-state index contributed by atoms with van der Waals surface area (Å²) in [6, 6.07) is 3.94.